The summed E-state index contributed by atoms with van der Waals surface area (Å²) in [5.41, 5.74) is 0.451. The van der Waals surface area contributed by atoms with Crippen molar-refractivity contribution < 1.29 is 4.42 Å². The summed E-state index contributed by atoms with van der Waals surface area (Å²) < 4.78 is 5.29. The Hall–Kier alpha value is -1.71. The third-order valence-electron chi connectivity index (χ3n) is 1.60. The van der Waals surface area contributed by atoms with Gasteiger partial charge in [0.15, 0.2) is 5.76 Å². The Balaban J connectivity index is 2.50. The smallest absolute Gasteiger partial charge is 0.323 e. The maximum atomic E-state index is 10.7. The quantitative estimate of drug-likeness (QED) is 0.666. The molecule has 0 radical (unpaired) electrons. The van der Waals surface area contributed by atoms with Crippen LogP contribution in [0.3, 0.4) is 0 Å². The van der Waals surface area contributed by atoms with Gasteiger partial charge in [0.05, 0.1) is 0 Å². The molecule has 0 amide bonds. The molecule has 0 aliphatic carbocycles. The number of aryl methyl sites for hydroxylation is 1. The Morgan fingerprint density at radius 1 is 1.42 bits per heavy atom. The van der Waals surface area contributed by atoms with Gasteiger partial charge in [-0.3, -0.25) is 0 Å². The molecular formula is C8H8N2O2. The number of hydrogen-bond donors (Lipinski definition) is 2. The van der Waals surface area contributed by atoms with Crippen LogP contribution in [-0.2, 0) is 0 Å². The predicted octanol–water partition coefficient (Wildman–Crippen LogP) is 1.27. The fourth-order valence-electron chi connectivity index (χ4n) is 1.04. The van der Waals surface area contributed by atoms with Crippen molar-refractivity contribution in [2.24, 2.45) is 0 Å². The van der Waals surface area contributed by atoms with Gasteiger partial charge in [-0.05, 0) is 19.1 Å². The molecule has 0 saturated carbocycles. The van der Waals surface area contributed by atoms with Gasteiger partial charge in [0.1, 0.15) is 11.5 Å². The van der Waals surface area contributed by atoms with E-state index in [0.717, 1.165) is 5.76 Å². The Morgan fingerprint density at radius 2 is 2.25 bits per heavy atom. The van der Waals surface area contributed by atoms with Crippen LogP contribution in [0.5, 0.6) is 0 Å². The largest absolute Gasteiger partial charge is 0.460 e. The van der Waals surface area contributed by atoms with Crippen LogP contribution in [0.1, 0.15) is 5.76 Å². The first-order valence-electron chi connectivity index (χ1n) is 3.60. The van der Waals surface area contributed by atoms with Crippen LogP contribution in [0, 0.1) is 6.92 Å². The van der Waals surface area contributed by atoms with Crippen LogP contribution in [0.15, 0.2) is 27.5 Å². The first kappa shape index (κ1) is 6.97. The summed E-state index contributed by atoms with van der Waals surface area (Å²) in [6.07, 6.45) is 1.58. The van der Waals surface area contributed by atoms with Crippen molar-refractivity contribution in [2.45, 2.75) is 6.92 Å². The number of imidazole rings is 1. The summed E-state index contributed by atoms with van der Waals surface area (Å²) >= 11 is 0. The highest BCUT2D eigenvalue weighted by Crippen LogP contribution is 2.17. The Kier molecular flexibility index (Phi) is 1.40. The maximum Gasteiger partial charge on any atom is 0.323 e. The van der Waals surface area contributed by atoms with Gasteiger partial charge < -0.3 is 14.4 Å². The summed E-state index contributed by atoms with van der Waals surface area (Å²) in [6.45, 7) is 1.86. The summed E-state index contributed by atoms with van der Waals surface area (Å²) in [4.78, 5) is 15.8. The molecule has 0 spiro atoms. The second kappa shape index (κ2) is 2.41. The molecule has 2 aromatic rings. The lowest BCUT2D eigenvalue weighted by Crippen LogP contribution is -1.99. The van der Waals surface area contributed by atoms with Gasteiger partial charge in [0.25, 0.3) is 0 Å². The van der Waals surface area contributed by atoms with E-state index in [0.29, 0.717) is 11.5 Å². The molecule has 62 valence electrons. The summed E-state index contributed by atoms with van der Waals surface area (Å²) in [7, 11) is 0. The zero-order valence-corrected chi connectivity index (χ0v) is 6.55. The van der Waals surface area contributed by atoms with E-state index in [1.54, 1.807) is 6.20 Å². The molecule has 2 aromatic heterocycles. The topological polar surface area (TPSA) is 61.8 Å². The fourth-order valence-corrected chi connectivity index (χ4v) is 1.04. The minimum Gasteiger partial charge on any atom is -0.460 e. The van der Waals surface area contributed by atoms with Crippen LogP contribution in [-0.4, -0.2) is 9.97 Å². The van der Waals surface area contributed by atoms with Crippen LogP contribution in [0.25, 0.3) is 11.5 Å². The van der Waals surface area contributed by atoms with E-state index in [2.05, 4.69) is 9.97 Å². The molecule has 2 N–H and O–H groups in total. The van der Waals surface area contributed by atoms with E-state index in [-0.39, 0.29) is 5.69 Å². The van der Waals surface area contributed by atoms with Crippen molar-refractivity contribution in [1.82, 2.24) is 9.97 Å². The van der Waals surface area contributed by atoms with E-state index in [1.165, 1.54) is 0 Å². The van der Waals surface area contributed by atoms with Gasteiger partial charge in [0.2, 0.25) is 0 Å². The van der Waals surface area contributed by atoms with Gasteiger partial charge in [-0.15, -0.1) is 0 Å². The number of furan rings is 1. The molecule has 0 bridgehead atoms. The molecule has 0 aliphatic heterocycles. The molecule has 4 heteroatoms. The van der Waals surface area contributed by atoms with Crippen LogP contribution < -0.4 is 5.69 Å². The van der Waals surface area contributed by atoms with Gasteiger partial charge >= 0.3 is 5.69 Å². The van der Waals surface area contributed by atoms with Gasteiger partial charge in [-0.25, -0.2) is 4.79 Å². The lowest BCUT2D eigenvalue weighted by Gasteiger charge is -1.87. The van der Waals surface area contributed by atoms with Crippen LogP contribution in [0.4, 0.5) is 0 Å². The molecule has 0 unspecified atom stereocenters. The molecule has 0 atom stereocenters. The zero-order chi connectivity index (χ0) is 8.55. The minimum absolute atomic E-state index is 0.223. The lowest BCUT2D eigenvalue weighted by molar-refractivity contribution is 0.546. The predicted molar refractivity (Wildman–Crippen MR) is 43.9 cm³/mol. The van der Waals surface area contributed by atoms with Crippen molar-refractivity contribution >= 4 is 0 Å². The van der Waals surface area contributed by atoms with Gasteiger partial charge in [0, 0.05) is 6.20 Å². The van der Waals surface area contributed by atoms with E-state index >= 15 is 0 Å². The van der Waals surface area contributed by atoms with Crippen molar-refractivity contribution in [1.29, 1.82) is 0 Å². The summed E-state index contributed by atoms with van der Waals surface area (Å²) in [5.74, 6) is 1.50. The standard InChI is InChI=1S/C8H8N2O2/c1-5-2-3-7(12-5)6-4-9-8(11)10-6/h2-4H,1H3,(H2,9,10,11). The second-order valence-corrected chi connectivity index (χ2v) is 2.57. The van der Waals surface area contributed by atoms with Gasteiger partial charge in [-0.1, -0.05) is 0 Å². The van der Waals surface area contributed by atoms with Crippen LogP contribution >= 0.6 is 0 Å². The number of nitrogens with one attached hydrogen (secondary N) is 2. The monoisotopic (exact) mass is 164 g/mol. The molecule has 4 nitrogen and oxygen atoms in total. The molecular weight excluding hydrogens is 156 g/mol. The van der Waals surface area contributed by atoms with E-state index in [9.17, 15) is 4.79 Å². The first-order valence-corrected chi connectivity index (χ1v) is 3.60. The molecule has 2 heterocycles. The average molecular weight is 164 g/mol. The fraction of sp³-hybridized carbons (Fsp3) is 0.125. The Labute approximate surface area is 68.2 Å². The summed E-state index contributed by atoms with van der Waals surface area (Å²) in [6, 6.07) is 3.66. The molecule has 2 rings (SSSR count). The number of rotatable bonds is 1. The van der Waals surface area contributed by atoms with Crippen molar-refractivity contribution in [2.75, 3.05) is 0 Å². The minimum atomic E-state index is -0.223. The van der Waals surface area contributed by atoms with Crippen LogP contribution in [0.2, 0.25) is 0 Å². The highest BCUT2D eigenvalue weighted by atomic mass is 16.3. The normalized spacial score (nSPS) is 10.4. The molecule has 0 aliphatic rings. The van der Waals surface area contributed by atoms with Gasteiger partial charge in [-0.2, -0.15) is 0 Å². The molecule has 12 heavy (non-hydrogen) atoms. The van der Waals surface area contributed by atoms with E-state index < -0.39 is 0 Å². The number of aromatic amines is 2. The maximum absolute atomic E-state index is 10.7. The third kappa shape index (κ3) is 1.07. The second-order valence-electron chi connectivity index (χ2n) is 2.57. The van der Waals surface area contributed by atoms with Crippen molar-refractivity contribution in [3.63, 3.8) is 0 Å². The lowest BCUT2D eigenvalue weighted by atomic mass is 10.3. The number of aromatic nitrogens is 2. The molecule has 0 aromatic carbocycles. The molecule has 0 saturated heterocycles. The number of hydrogen-bond acceptors (Lipinski definition) is 2. The zero-order valence-electron chi connectivity index (χ0n) is 6.55. The van der Waals surface area contributed by atoms with E-state index in [1.807, 2.05) is 19.1 Å². The highest BCUT2D eigenvalue weighted by molar-refractivity contribution is 5.50. The average Bonchev–Trinajstić information content (AvgIpc) is 2.58. The molecule has 0 fully saturated rings. The Morgan fingerprint density at radius 3 is 2.75 bits per heavy atom. The SMILES string of the molecule is Cc1ccc(-c2c[nH]c(=O)[nH]2)o1. The Bertz CT molecular complexity index is 436. The van der Waals surface area contributed by atoms with Crippen molar-refractivity contribution in [3.8, 4) is 11.5 Å². The van der Waals surface area contributed by atoms with E-state index in [4.69, 9.17) is 4.42 Å². The number of H-pyrrole nitrogens is 2. The third-order valence-corrected chi connectivity index (χ3v) is 1.60. The first-order chi connectivity index (χ1) is 5.75. The highest BCUT2D eigenvalue weighted by Gasteiger charge is 2.03. The van der Waals surface area contributed by atoms with Crippen molar-refractivity contribution in [3.05, 3.63) is 34.6 Å². The summed E-state index contributed by atoms with van der Waals surface area (Å²) in [5, 5.41) is 0.